The molecule has 0 aromatic heterocycles. The van der Waals surface area contributed by atoms with Crippen LogP contribution in [0.1, 0.15) is 20.8 Å². The molecule has 4 heteroatoms. The van der Waals surface area contributed by atoms with E-state index in [4.69, 9.17) is 4.74 Å². The van der Waals surface area contributed by atoms with E-state index in [1.165, 1.54) is 0 Å². The number of amides is 1. The summed E-state index contributed by atoms with van der Waals surface area (Å²) in [6, 6.07) is 0.541. The number of hydrogen-bond donors (Lipinski definition) is 1. The Bertz CT molecular complexity index is 253. The first-order chi connectivity index (χ1) is 7.56. The Balaban J connectivity index is 2.55. The molecule has 16 heavy (non-hydrogen) atoms. The largest absolute Gasteiger partial charge is 0.445 e. The molecule has 1 fully saturated rings. The Labute approximate surface area is 97.6 Å². The Morgan fingerprint density at radius 3 is 2.94 bits per heavy atom. The van der Waals surface area contributed by atoms with Gasteiger partial charge in [-0.05, 0) is 12.8 Å². The van der Waals surface area contributed by atoms with Crippen LogP contribution in [0.4, 0.5) is 4.79 Å². The van der Waals surface area contributed by atoms with Crippen LogP contribution in [-0.2, 0) is 4.74 Å². The molecule has 0 aromatic carbocycles. The van der Waals surface area contributed by atoms with E-state index in [9.17, 15) is 4.79 Å². The third-order valence-electron chi connectivity index (χ3n) is 2.96. The fourth-order valence-electron chi connectivity index (χ4n) is 1.80. The molecule has 1 amide bonds. The number of nitrogens with zero attached hydrogens (tertiary/aromatic N) is 1. The highest BCUT2D eigenvalue weighted by molar-refractivity contribution is 5.68. The zero-order valence-corrected chi connectivity index (χ0v) is 10.4. The SMILES string of the molecule is C=CCOC(=O)N1CC(C(C)C)NCC1C. The standard InChI is InChI=1S/C12H22N2O2/c1-5-6-16-12(15)14-8-11(9(2)3)13-7-10(14)4/h5,9-11,13H,1,6-8H2,2-4H3. The molecule has 4 nitrogen and oxygen atoms in total. The molecule has 0 bridgehead atoms. The third kappa shape index (κ3) is 3.23. The van der Waals surface area contributed by atoms with Crippen LogP contribution < -0.4 is 5.32 Å². The van der Waals surface area contributed by atoms with Crippen LogP contribution in [0.3, 0.4) is 0 Å². The normalized spacial score (nSPS) is 25.6. The van der Waals surface area contributed by atoms with Gasteiger partial charge in [0.15, 0.2) is 0 Å². The minimum Gasteiger partial charge on any atom is -0.445 e. The molecular weight excluding hydrogens is 204 g/mol. The second kappa shape index (κ2) is 5.89. The smallest absolute Gasteiger partial charge is 0.410 e. The van der Waals surface area contributed by atoms with Gasteiger partial charge in [0.25, 0.3) is 0 Å². The number of hydrogen-bond acceptors (Lipinski definition) is 3. The van der Waals surface area contributed by atoms with E-state index in [1.807, 2.05) is 6.92 Å². The maximum Gasteiger partial charge on any atom is 0.410 e. The van der Waals surface area contributed by atoms with E-state index in [-0.39, 0.29) is 18.7 Å². The topological polar surface area (TPSA) is 41.6 Å². The molecule has 1 aliphatic rings. The zero-order valence-electron chi connectivity index (χ0n) is 10.4. The summed E-state index contributed by atoms with van der Waals surface area (Å²) in [5.74, 6) is 0.516. The molecule has 2 unspecified atom stereocenters. The van der Waals surface area contributed by atoms with Gasteiger partial charge in [-0.25, -0.2) is 4.79 Å². The molecule has 0 spiro atoms. The number of carbonyl (C=O) groups excluding carboxylic acids is 1. The van der Waals surface area contributed by atoms with Gasteiger partial charge in [0, 0.05) is 25.2 Å². The van der Waals surface area contributed by atoms with Gasteiger partial charge in [-0.2, -0.15) is 0 Å². The first-order valence-corrected chi connectivity index (χ1v) is 5.84. The van der Waals surface area contributed by atoms with E-state index in [0.717, 1.165) is 13.1 Å². The van der Waals surface area contributed by atoms with Gasteiger partial charge >= 0.3 is 6.09 Å². The van der Waals surface area contributed by atoms with Crippen molar-refractivity contribution in [3.63, 3.8) is 0 Å². The monoisotopic (exact) mass is 226 g/mol. The number of nitrogens with one attached hydrogen (secondary N) is 1. The van der Waals surface area contributed by atoms with Crippen molar-refractivity contribution < 1.29 is 9.53 Å². The quantitative estimate of drug-likeness (QED) is 0.744. The van der Waals surface area contributed by atoms with Crippen molar-refractivity contribution in [2.24, 2.45) is 5.92 Å². The van der Waals surface area contributed by atoms with Crippen LogP contribution >= 0.6 is 0 Å². The molecular formula is C12H22N2O2. The molecule has 92 valence electrons. The van der Waals surface area contributed by atoms with Crippen LogP contribution in [0.5, 0.6) is 0 Å². The molecule has 0 radical (unpaired) electrons. The summed E-state index contributed by atoms with van der Waals surface area (Å²) in [4.78, 5) is 13.6. The predicted octanol–water partition coefficient (Wildman–Crippen LogP) is 1.63. The average Bonchev–Trinajstić information content (AvgIpc) is 2.26. The fraction of sp³-hybridized carbons (Fsp3) is 0.750. The van der Waals surface area contributed by atoms with Crippen molar-refractivity contribution in [2.45, 2.75) is 32.9 Å². The highest BCUT2D eigenvalue weighted by atomic mass is 16.6. The van der Waals surface area contributed by atoms with Crippen molar-refractivity contribution in [3.8, 4) is 0 Å². The summed E-state index contributed by atoms with van der Waals surface area (Å²) in [6.07, 6.45) is 1.35. The molecule has 2 atom stereocenters. The lowest BCUT2D eigenvalue weighted by Gasteiger charge is -2.39. The number of piperazine rings is 1. The Morgan fingerprint density at radius 2 is 2.38 bits per heavy atom. The van der Waals surface area contributed by atoms with Gasteiger partial charge in [0.1, 0.15) is 6.61 Å². The predicted molar refractivity (Wildman–Crippen MR) is 64.3 cm³/mol. The Hall–Kier alpha value is -1.03. The molecule has 0 saturated carbocycles. The minimum atomic E-state index is -0.237. The fourth-order valence-corrected chi connectivity index (χ4v) is 1.80. The van der Waals surface area contributed by atoms with Crippen molar-refractivity contribution in [3.05, 3.63) is 12.7 Å². The van der Waals surface area contributed by atoms with E-state index in [1.54, 1.807) is 11.0 Å². The van der Waals surface area contributed by atoms with Crippen LogP contribution in [0, 0.1) is 5.92 Å². The first-order valence-electron chi connectivity index (χ1n) is 5.84. The summed E-state index contributed by atoms with van der Waals surface area (Å²) >= 11 is 0. The number of carbonyl (C=O) groups is 1. The maximum atomic E-state index is 11.8. The third-order valence-corrected chi connectivity index (χ3v) is 2.96. The van der Waals surface area contributed by atoms with Gasteiger partial charge in [0.05, 0.1) is 0 Å². The lowest BCUT2D eigenvalue weighted by Crippen LogP contribution is -2.58. The van der Waals surface area contributed by atoms with Gasteiger partial charge in [-0.3, -0.25) is 0 Å². The maximum absolute atomic E-state index is 11.8. The summed E-state index contributed by atoms with van der Waals surface area (Å²) in [5, 5.41) is 3.44. The van der Waals surface area contributed by atoms with Gasteiger partial charge in [0.2, 0.25) is 0 Å². The van der Waals surface area contributed by atoms with Gasteiger partial charge < -0.3 is 15.0 Å². The summed E-state index contributed by atoms with van der Waals surface area (Å²) in [6.45, 7) is 11.7. The molecule has 1 saturated heterocycles. The van der Waals surface area contributed by atoms with Crippen LogP contribution in [0.25, 0.3) is 0 Å². The van der Waals surface area contributed by atoms with Crippen molar-refractivity contribution >= 4 is 6.09 Å². The Kier molecular flexibility index (Phi) is 4.80. The van der Waals surface area contributed by atoms with Gasteiger partial charge in [-0.15, -0.1) is 0 Å². The van der Waals surface area contributed by atoms with Crippen LogP contribution in [0.15, 0.2) is 12.7 Å². The second-order valence-electron chi connectivity index (χ2n) is 4.63. The second-order valence-corrected chi connectivity index (χ2v) is 4.63. The van der Waals surface area contributed by atoms with Crippen LogP contribution in [0.2, 0.25) is 0 Å². The lowest BCUT2D eigenvalue weighted by atomic mass is 10.0. The summed E-state index contributed by atoms with van der Waals surface area (Å²) in [5.41, 5.74) is 0. The molecule has 0 aromatic rings. The van der Waals surface area contributed by atoms with Crippen LogP contribution in [-0.4, -0.2) is 42.8 Å². The highest BCUT2D eigenvalue weighted by Gasteiger charge is 2.30. The van der Waals surface area contributed by atoms with E-state index in [2.05, 4.69) is 25.7 Å². The Morgan fingerprint density at radius 1 is 1.69 bits per heavy atom. The molecule has 1 rings (SSSR count). The van der Waals surface area contributed by atoms with Crippen molar-refractivity contribution in [2.75, 3.05) is 19.7 Å². The van der Waals surface area contributed by atoms with Crippen molar-refractivity contribution in [1.82, 2.24) is 10.2 Å². The van der Waals surface area contributed by atoms with Crippen molar-refractivity contribution in [1.29, 1.82) is 0 Å². The minimum absolute atomic E-state index is 0.187. The van der Waals surface area contributed by atoms with E-state index in [0.29, 0.717) is 12.0 Å². The molecule has 1 aliphatic heterocycles. The molecule has 1 heterocycles. The van der Waals surface area contributed by atoms with Gasteiger partial charge in [-0.1, -0.05) is 26.5 Å². The number of rotatable bonds is 3. The lowest BCUT2D eigenvalue weighted by molar-refractivity contribution is 0.0736. The summed E-state index contributed by atoms with van der Waals surface area (Å²) < 4.78 is 5.07. The zero-order chi connectivity index (χ0) is 12.1. The summed E-state index contributed by atoms with van der Waals surface area (Å²) in [7, 11) is 0. The average molecular weight is 226 g/mol. The molecule has 1 N–H and O–H groups in total. The van der Waals surface area contributed by atoms with E-state index >= 15 is 0 Å². The first kappa shape index (κ1) is 13.0. The molecule has 0 aliphatic carbocycles. The highest BCUT2D eigenvalue weighted by Crippen LogP contribution is 2.13. The van der Waals surface area contributed by atoms with E-state index < -0.39 is 0 Å². The number of ether oxygens (including phenoxy) is 1.